The minimum Gasteiger partial charge on any atom is -0.458 e. The monoisotopic (exact) mass is 617 g/mol. The Balaban J connectivity index is 2.65. The van der Waals surface area contributed by atoms with E-state index in [9.17, 15) is 19.2 Å². The molecule has 0 aromatic carbocycles. The summed E-state index contributed by atoms with van der Waals surface area (Å²) in [7, 11) is 0. The molecule has 1 aliphatic rings. The van der Waals surface area contributed by atoms with Gasteiger partial charge in [0.2, 0.25) is 11.8 Å². The Bertz CT molecular complexity index is 1150. The first-order valence-corrected chi connectivity index (χ1v) is 15.0. The largest absolute Gasteiger partial charge is 0.458 e. The molecule has 4 atom stereocenters. The number of carbonyl (C=O) groups excluding carboxylic acids is 4. The number of alkyl carbamates (subject to hydrolysis) is 1. The van der Waals surface area contributed by atoms with Gasteiger partial charge in [-0.05, 0) is 46.7 Å². The molecule has 0 fully saturated rings. The van der Waals surface area contributed by atoms with E-state index in [1.807, 2.05) is 59.8 Å². The van der Waals surface area contributed by atoms with E-state index >= 15 is 0 Å². The summed E-state index contributed by atoms with van der Waals surface area (Å²) in [5, 5.41) is 8.71. The molecule has 238 valence electrons. The predicted octanol–water partition coefficient (Wildman–Crippen LogP) is 6.14. The highest BCUT2D eigenvalue weighted by atomic mass is 35.5. The number of amides is 3. The number of halogens is 1. The SMILES string of the molecule is CC1=CC[C@@H]([C@@H](C)/C=C(C)/C=C\C=C/C(=O)N[C@H](C(=O)N/C=C\C[C@H](C/C=C(\C)Cl)OC(=O)NC(C)C)C(C)C)OC1=O. The van der Waals surface area contributed by atoms with Crippen molar-refractivity contribution in [1.82, 2.24) is 16.0 Å². The van der Waals surface area contributed by atoms with Crippen molar-refractivity contribution in [2.45, 2.75) is 98.9 Å². The summed E-state index contributed by atoms with van der Waals surface area (Å²) in [6.07, 6.45) is 15.7. The molecule has 0 bridgehead atoms. The molecule has 0 saturated carbocycles. The van der Waals surface area contributed by atoms with Crippen LogP contribution >= 0.6 is 11.6 Å². The van der Waals surface area contributed by atoms with Gasteiger partial charge in [0.25, 0.3) is 0 Å². The van der Waals surface area contributed by atoms with Crippen LogP contribution < -0.4 is 16.0 Å². The van der Waals surface area contributed by atoms with Crippen molar-refractivity contribution in [2.24, 2.45) is 11.8 Å². The molecule has 3 N–H and O–H groups in total. The van der Waals surface area contributed by atoms with Gasteiger partial charge in [-0.2, -0.15) is 0 Å². The van der Waals surface area contributed by atoms with Gasteiger partial charge in [0.05, 0.1) is 0 Å². The van der Waals surface area contributed by atoms with Gasteiger partial charge in [-0.15, -0.1) is 0 Å². The third kappa shape index (κ3) is 16.0. The molecule has 0 saturated heterocycles. The quantitative estimate of drug-likeness (QED) is 0.115. The van der Waals surface area contributed by atoms with Gasteiger partial charge in [0, 0.05) is 47.9 Å². The number of ether oxygens (including phenoxy) is 2. The molecule has 3 amide bonds. The maximum Gasteiger partial charge on any atom is 0.407 e. The van der Waals surface area contributed by atoms with Gasteiger partial charge in [-0.1, -0.05) is 80.5 Å². The van der Waals surface area contributed by atoms with E-state index in [1.54, 1.807) is 38.2 Å². The first-order valence-electron chi connectivity index (χ1n) is 14.7. The Morgan fingerprint density at radius 2 is 1.74 bits per heavy atom. The molecule has 0 aliphatic carbocycles. The molecule has 9 nitrogen and oxygen atoms in total. The molecule has 0 spiro atoms. The topological polar surface area (TPSA) is 123 Å². The Kier molecular flexibility index (Phi) is 17.0. The second-order valence-electron chi connectivity index (χ2n) is 11.3. The predicted molar refractivity (Wildman–Crippen MR) is 171 cm³/mol. The third-order valence-corrected chi connectivity index (χ3v) is 6.55. The van der Waals surface area contributed by atoms with Crippen LogP contribution in [0.1, 0.15) is 74.7 Å². The normalized spacial score (nSPS) is 18.5. The molecule has 1 aliphatic heterocycles. The number of hydrogen-bond acceptors (Lipinski definition) is 6. The van der Waals surface area contributed by atoms with E-state index in [4.69, 9.17) is 21.1 Å². The van der Waals surface area contributed by atoms with Crippen molar-refractivity contribution in [1.29, 1.82) is 0 Å². The smallest absolute Gasteiger partial charge is 0.407 e. The van der Waals surface area contributed by atoms with Gasteiger partial charge in [0.15, 0.2) is 0 Å². The molecule has 43 heavy (non-hydrogen) atoms. The average molecular weight is 618 g/mol. The minimum atomic E-state index is -0.755. The Hall–Kier alpha value is -3.59. The lowest BCUT2D eigenvalue weighted by Gasteiger charge is -2.25. The van der Waals surface area contributed by atoms with Gasteiger partial charge in [-0.25, -0.2) is 9.59 Å². The van der Waals surface area contributed by atoms with Crippen molar-refractivity contribution in [3.05, 3.63) is 71.0 Å². The number of allylic oxidation sites excluding steroid dienone is 5. The molecule has 0 aromatic rings. The zero-order valence-corrected chi connectivity index (χ0v) is 27.4. The highest BCUT2D eigenvalue weighted by Crippen LogP contribution is 2.22. The van der Waals surface area contributed by atoms with Crippen LogP contribution in [0.4, 0.5) is 4.79 Å². The minimum absolute atomic E-state index is 0.0408. The van der Waals surface area contributed by atoms with Crippen LogP contribution in [0.15, 0.2) is 71.0 Å². The van der Waals surface area contributed by atoms with Crippen molar-refractivity contribution in [3.8, 4) is 0 Å². The van der Waals surface area contributed by atoms with E-state index in [2.05, 4.69) is 16.0 Å². The number of hydrogen-bond donors (Lipinski definition) is 3. The zero-order valence-electron chi connectivity index (χ0n) is 26.6. The summed E-state index contributed by atoms with van der Waals surface area (Å²) in [6, 6.07) is -0.815. The van der Waals surface area contributed by atoms with Crippen LogP contribution in [-0.2, 0) is 23.9 Å². The standard InChI is InChI=1S/C33H48ClN3O6/c1-21(2)30(31(39)35-19-11-13-27(17-16-26(8)34)42-33(41)36-22(3)4)37-29(38)14-10-9-12-23(5)20-25(7)28-18-15-24(6)32(40)43-28/h9-12,14-16,19-22,25,27-28,30H,13,17-18H2,1-8H3,(H,35,39)(H,36,41)(H,37,38)/b12-9-,14-10-,19-11-,23-20+,26-16+/t25-,27+,28-,30-/m0/s1. The van der Waals surface area contributed by atoms with Crippen LogP contribution in [-0.4, -0.2) is 48.2 Å². The molecule has 0 unspecified atom stereocenters. The van der Waals surface area contributed by atoms with Gasteiger partial charge in [0.1, 0.15) is 18.2 Å². The zero-order chi connectivity index (χ0) is 32.5. The van der Waals surface area contributed by atoms with Gasteiger partial charge >= 0.3 is 12.1 Å². The Morgan fingerprint density at radius 3 is 2.35 bits per heavy atom. The van der Waals surface area contributed by atoms with Crippen molar-refractivity contribution < 1.29 is 28.7 Å². The second kappa shape index (κ2) is 19.6. The lowest BCUT2D eigenvalue weighted by atomic mass is 9.96. The first-order chi connectivity index (χ1) is 20.2. The highest BCUT2D eigenvalue weighted by molar-refractivity contribution is 6.29. The number of cyclic esters (lactones) is 1. The van der Waals surface area contributed by atoms with Crippen molar-refractivity contribution in [3.63, 3.8) is 0 Å². The molecule has 10 heteroatoms. The van der Waals surface area contributed by atoms with Crippen molar-refractivity contribution >= 4 is 35.5 Å². The van der Waals surface area contributed by atoms with E-state index in [-0.39, 0.29) is 35.9 Å². The summed E-state index contributed by atoms with van der Waals surface area (Å²) in [5.41, 5.74) is 1.60. The highest BCUT2D eigenvalue weighted by Gasteiger charge is 2.24. The number of nitrogens with one attached hydrogen (secondary N) is 3. The van der Waals surface area contributed by atoms with Gasteiger partial charge in [-0.3, -0.25) is 9.59 Å². The van der Waals surface area contributed by atoms with Crippen LogP contribution in [0.3, 0.4) is 0 Å². The molecule has 0 aromatic heterocycles. The number of esters is 1. The Labute approximate surface area is 261 Å². The van der Waals surface area contributed by atoms with E-state index in [0.717, 1.165) is 5.57 Å². The molecule has 0 radical (unpaired) electrons. The number of carbonyl (C=O) groups is 4. The first kappa shape index (κ1) is 37.4. The molecule has 1 heterocycles. The van der Waals surface area contributed by atoms with Crippen LogP contribution in [0.5, 0.6) is 0 Å². The summed E-state index contributed by atoms with van der Waals surface area (Å²) in [5.74, 6) is -1.16. The summed E-state index contributed by atoms with van der Waals surface area (Å²) in [6.45, 7) is 14.8. The van der Waals surface area contributed by atoms with Crippen LogP contribution in [0, 0.1) is 11.8 Å². The Morgan fingerprint density at radius 1 is 1.07 bits per heavy atom. The lowest BCUT2D eigenvalue weighted by Crippen LogP contribution is -2.48. The van der Waals surface area contributed by atoms with E-state index in [0.29, 0.717) is 29.9 Å². The summed E-state index contributed by atoms with van der Waals surface area (Å²) >= 11 is 5.93. The maximum absolute atomic E-state index is 12.8. The third-order valence-electron chi connectivity index (χ3n) is 6.40. The average Bonchev–Trinajstić information content (AvgIpc) is 2.91. The number of rotatable bonds is 15. The fourth-order valence-electron chi connectivity index (χ4n) is 4.00. The summed E-state index contributed by atoms with van der Waals surface area (Å²) in [4.78, 5) is 49.1. The molecular formula is C33H48ClN3O6. The second-order valence-corrected chi connectivity index (χ2v) is 11.9. The van der Waals surface area contributed by atoms with Crippen molar-refractivity contribution in [2.75, 3.05) is 0 Å². The lowest BCUT2D eigenvalue weighted by molar-refractivity contribution is -0.147. The summed E-state index contributed by atoms with van der Waals surface area (Å²) < 4.78 is 10.9. The fraction of sp³-hybridized carbons (Fsp3) is 0.515. The van der Waals surface area contributed by atoms with Gasteiger partial charge < -0.3 is 25.4 Å². The van der Waals surface area contributed by atoms with E-state index < -0.39 is 24.1 Å². The fourth-order valence-corrected chi connectivity index (χ4v) is 4.09. The maximum atomic E-state index is 12.8. The van der Waals surface area contributed by atoms with Crippen LogP contribution in [0.25, 0.3) is 0 Å². The van der Waals surface area contributed by atoms with E-state index in [1.165, 1.54) is 12.3 Å². The van der Waals surface area contributed by atoms with Crippen LogP contribution in [0.2, 0.25) is 0 Å². The molecule has 1 rings (SSSR count). The molecular weight excluding hydrogens is 570 g/mol.